The molecule has 0 aliphatic rings. The largest absolute Gasteiger partial charge is 0.306 e. The van der Waals surface area contributed by atoms with Crippen LogP contribution < -0.4 is 5.32 Å². The molecule has 20 heavy (non-hydrogen) atoms. The molecule has 4 heteroatoms. The number of rotatable bonds is 7. The Balaban J connectivity index is 1.98. The number of pyridine rings is 1. The zero-order valence-corrected chi connectivity index (χ0v) is 13.7. The van der Waals surface area contributed by atoms with Crippen LogP contribution in [-0.4, -0.2) is 35.6 Å². The number of hydrogen-bond acceptors (Lipinski definition) is 4. The summed E-state index contributed by atoms with van der Waals surface area (Å²) in [7, 11) is 0. The maximum atomic E-state index is 4.52. The third kappa shape index (κ3) is 3.78. The summed E-state index contributed by atoms with van der Waals surface area (Å²) in [6.07, 6.45) is 2.00. The van der Waals surface area contributed by atoms with Crippen LogP contribution in [0.2, 0.25) is 0 Å². The van der Waals surface area contributed by atoms with Gasteiger partial charge in [-0.1, -0.05) is 13.8 Å². The van der Waals surface area contributed by atoms with Crippen molar-refractivity contribution in [2.45, 2.75) is 39.8 Å². The summed E-state index contributed by atoms with van der Waals surface area (Å²) in [6.45, 7) is 12.2. The van der Waals surface area contributed by atoms with Gasteiger partial charge in [-0.15, -0.1) is 11.3 Å². The summed E-state index contributed by atoms with van der Waals surface area (Å²) in [5.74, 6) is 0. The molecule has 2 atom stereocenters. The fraction of sp³-hybridized carbons (Fsp3) is 0.562. The molecule has 0 radical (unpaired) electrons. The van der Waals surface area contributed by atoms with Gasteiger partial charge in [0.1, 0.15) is 0 Å². The van der Waals surface area contributed by atoms with E-state index in [1.165, 1.54) is 10.3 Å². The van der Waals surface area contributed by atoms with Gasteiger partial charge in [-0.3, -0.25) is 4.98 Å². The van der Waals surface area contributed by atoms with E-state index in [1.54, 1.807) is 11.3 Å². The summed E-state index contributed by atoms with van der Waals surface area (Å²) < 4.78 is 1.27. The normalized spacial score (nSPS) is 14.8. The molecule has 2 aromatic rings. The molecule has 0 spiro atoms. The van der Waals surface area contributed by atoms with Gasteiger partial charge in [-0.25, -0.2) is 0 Å². The molecule has 0 aliphatic heterocycles. The Morgan fingerprint density at radius 3 is 2.75 bits per heavy atom. The molecule has 0 saturated heterocycles. The lowest BCUT2D eigenvalue weighted by Crippen LogP contribution is -2.40. The minimum Gasteiger partial charge on any atom is -0.306 e. The predicted octanol–water partition coefficient (Wildman–Crippen LogP) is 3.68. The van der Waals surface area contributed by atoms with Crippen molar-refractivity contribution in [3.63, 3.8) is 0 Å². The third-order valence-corrected chi connectivity index (χ3v) is 4.64. The number of fused-ring (bicyclic) bond motifs is 1. The third-order valence-electron chi connectivity index (χ3n) is 3.78. The molecule has 0 fully saturated rings. The molecule has 1 N–H and O–H groups in total. The Hall–Kier alpha value is -0.970. The van der Waals surface area contributed by atoms with E-state index >= 15 is 0 Å². The SMILES string of the molecule is CCN(CC)CC(C)NC(C)c1cnc2ccsc2c1. The van der Waals surface area contributed by atoms with Crippen LogP contribution in [0.5, 0.6) is 0 Å². The maximum Gasteiger partial charge on any atom is 0.0809 e. The summed E-state index contributed by atoms with van der Waals surface area (Å²) in [4.78, 5) is 6.97. The summed E-state index contributed by atoms with van der Waals surface area (Å²) in [5.41, 5.74) is 2.37. The lowest BCUT2D eigenvalue weighted by atomic mass is 10.1. The first-order chi connectivity index (χ1) is 9.63. The Morgan fingerprint density at radius 2 is 2.05 bits per heavy atom. The van der Waals surface area contributed by atoms with Gasteiger partial charge in [0.05, 0.1) is 10.2 Å². The first kappa shape index (κ1) is 15.4. The van der Waals surface area contributed by atoms with Crippen LogP contribution in [0.3, 0.4) is 0 Å². The minimum absolute atomic E-state index is 0.333. The van der Waals surface area contributed by atoms with Crippen molar-refractivity contribution in [2.75, 3.05) is 19.6 Å². The van der Waals surface area contributed by atoms with E-state index in [1.807, 2.05) is 6.20 Å². The van der Waals surface area contributed by atoms with Crippen LogP contribution in [0.15, 0.2) is 23.7 Å². The highest BCUT2D eigenvalue weighted by Crippen LogP contribution is 2.22. The Labute approximate surface area is 126 Å². The number of nitrogens with one attached hydrogen (secondary N) is 1. The van der Waals surface area contributed by atoms with E-state index in [-0.39, 0.29) is 0 Å². The molecule has 2 unspecified atom stereocenters. The Morgan fingerprint density at radius 1 is 1.30 bits per heavy atom. The van der Waals surface area contributed by atoms with Crippen molar-refractivity contribution >= 4 is 21.6 Å². The zero-order chi connectivity index (χ0) is 14.5. The van der Waals surface area contributed by atoms with E-state index < -0.39 is 0 Å². The minimum atomic E-state index is 0.333. The van der Waals surface area contributed by atoms with Gasteiger partial charge in [0, 0.05) is 24.8 Å². The quantitative estimate of drug-likeness (QED) is 0.843. The van der Waals surface area contributed by atoms with Gasteiger partial charge in [0.2, 0.25) is 0 Å². The number of likely N-dealkylation sites (N-methyl/N-ethyl adjacent to an activating group) is 1. The average Bonchev–Trinajstić information content (AvgIpc) is 2.91. The lowest BCUT2D eigenvalue weighted by molar-refractivity contribution is 0.264. The molecule has 2 aromatic heterocycles. The van der Waals surface area contributed by atoms with Crippen LogP contribution in [-0.2, 0) is 0 Å². The van der Waals surface area contributed by atoms with Gasteiger partial charge >= 0.3 is 0 Å². The highest BCUT2D eigenvalue weighted by Gasteiger charge is 2.12. The monoisotopic (exact) mass is 291 g/mol. The molecule has 2 rings (SSSR count). The van der Waals surface area contributed by atoms with Gasteiger partial charge < -0.3 is 10.2 Å². The second-order valence-electron chi connectivity index (χ2n) is 5.35. The van der Waals surface area contributed by atoms with Crippen molar-refractivity contribution < 1.29 is 0 Å². The second kappa shape index (κ2) is 7.16. The number of hydrogen-bond donors (Lipinski definition) is 1. The Bertz CT molecular complexity index is 533. The lowest BCUT2D eigenvalue weighted by Gasteiger charge is -2.26. The molecule has 0 aromatic carbocycles. The van der Waals surface area contributed by atoms with Crippen molar-refractivity contribution in [3.8, 4) is 0 Å². The molecule has 0 bridgehead atoms. The smallest absolute Gasteiger partial charge is 0.0809 e. The molecule has 0 saturated carbocycles. The van der Waals surface area contributed by atoms with Gasteiger partial charge in [0.25, 0.3) is 0 Å². The zero-order valence-electron chi connectivity index (χ0n) is 12.9. The predicted molar refractivity (Wildman–Crippen MR) is 88.4 cm³/mol. The molecule has 0 amide bonds. The maximum absolute atomic E-state index is 4.52. The summed E-state index contributed by atoms with van der Waals surface area (Å²) in [6, 6.07) is 5.14. The molecule has 110 valence electrons. The van der Waals surface area contributed by atoms with Crippen LogP contribution >= 0.6 is 11.3 Å². The van der Waals surface area contributed by atoms with E-state index in [9.17, 15) is 0 Å². The van der Waals surface area contributed by atoms with E-state index in [4.69, 9.17) is 0 Å². The van der Waals surface area contributed by atoms with Crippen molar-refractivity contribution in [2.24, 2.45) is 0 Å². The summed E-state index contributed by atoms with van der Waals surface area (Å²) in [5, 5.41) is 5.77. The van der Waals surface area contributed by atoms with Crippen LogP contribution in [0.1, 0.15) is 39.3 Å². The van der Waals surface area contributed by atoms with Gasteiger partial charge in [0.15, 0.2) is 0 Å². The van der Waals surface area contributed by atoms with Gasteiger partial charge in [-0.2, -0.15) is 0 Å². The van der Waals surface area contributed by atoms with Crippen molar-refractivity contribution in [1.29, 1.82) is 0 Å². The number of nitrogens with zero attached hydrogens (tertiary/aromatic N) is 2. The molecular formula is C16H25N3S. The fourth-order valence-corrected chi connectivity index (χ4v) is 3.33. The first-order valence-electron chi connectivity index (χ1n) is 7.45. The van der Waals surface area contributed by atoms with E-state index in [2.05, 4.69) is 60.4 Å². The highest BCUT2D eigenvalue weighted by molar-refractivity contribution is 7.17. The van der Waals surface area contributed by atoms with E-state index in [0.717, 1.165) is 25.2 Å². The number of aromatic nitrogens is 1. The van der Waals surface area contributed by atoms with Crippen LogP contribution in [0, 0.1) is 0 Å². The van der Waals surface area contributed by atoms with Crippen LogP contribution in [0.4, 0.5) is 0 Å². The van der Waals surface area contributed by atoms with E-state index in [0.29, 0.717) is 12.1 Å². The second-order valence-corrected chi connectivity index (χ2v) is 6.30. The highest BCUT2D eigenvalue weighted by atomic mass is 32.1. The number of thiophene rings is 1. The van der Waals surface area contributed by atoms with Crippen molar-refractivity contribution in [1.82, 2.24) is 15.2 Å². The van der Waals surface area contributed by atoms with Crippen molar-refractivity contribution in [3.05, 3.63) is 29.3 Å². The summed E-state index contributed by atoms with van der Waals surface area (Å²) >= 11 is 1.76. The fourth-order valence-electron chi connectivity index (χ4n) is 2.54. The average molecular weight is 291 g/mol. The van der Waals surface area contributed by atoms with Gasteiger partial charge in [-0.05, 0) is 50.0 Å². The first-order valence-corrected chi connectivity index (χ1v) is 8.33. The Kier molecular flexibility index (Phi) is 5.52. The molecule has 3 nitrogen and oxygen atoms in total. The molecule has 2 heterocycles. The topological polar surface area (TPSA) is 28.2 Å². The van der Waals surface area contributed by atoms with Crippen LogP contribution in [0.25, 0.3) is 10.2 Å². The molecule has 0 aliphatic carbocycles. The molecular weight excluding hydrogens is 266 g/mol. The standard InChI is InChI=1S/C16H25N3S/c1-5-19(6-2)11-12(3)18-13(4)14-9-16-15(17-10-14)7-8-20-16/h7-10,12-13,18H,5-6,11H2,1-4H3.